The highest BCUT2D eigenvalue weighted by Crippen LogP contribution is 2.26. The lowest BCUT2D eigenvalue weighted by Crippen LogP contribution is -2.29. The van der Waals surface area contributed by atoms with Gasteiger partial charge in [-0.3, -0.25) is 4.79 Å². The Morgan fingerprint density at radius 3 is 3.05 bits per heavy atom. The highest BCUT2D eigenvalue weighted by Gasteiger charge is 2.29. The van der Waals surface area contributed by atoms with Gasteiger partial charge in [0.05, 0.1) is 22.8 Å². The molecule has 5 nitrogen and oxygen atoms in total. The molecule has 0 radical (unpaired) electrons. The number of halogens is 2. The van der Waals surface area contributed by atoms with E-state index in [1.54, 1.807) is 27.9 Å². The van der Waals surface area contributed by atoms with Gasteiger partial charge in [-0.05, 0) is 24.6 Å². The number of nitrogens with zero attached hydrogens (tertiary/aromatic N) is 4. The summed E-state index contributed by atoms with van der Waals surface area (Å²) in [6.07, 6.45) is 4.35. The van der Waals surface area contributed by atoms with E-state index in [-0.39, 0.29) is 11.9 Å². The second-order valence-corrected chi connectivity index (χ2v) is 6.02. The van der Waals surface area contributed by atoms with Crippen molar-refractivity contribution in [2.45, 2.75) is 12.5 Å². The van der Waals surface area contributed by atoms with Gasteiger partial charge in [0, 0.05) is 23.8 Å². The Bertz CT molecular complexity index is 631. The fraction of sp³-hybridized carbons (Fsp3) is 0.308. The second kappa shape index (κ2) is 5.54. The van der Waals surface area contributed by atoms with E-state index in [1.165, 1.54) is 0 Å². The van der Waals surface area contributed by atoms with E-state index < -0.39 is 0 Å². The van der Waals surface area contributed by atoms with E-state index in [0.29, 0.717) is 23.7 Å². The summed E-state index contributed by atoms with van der Waals surface area (Å²) in [6, 6.07) is 5.49. The molecular formula is C13H12BrClN4O. The molecule has 1 aliphatic rings. The van der Waals surface area contributed by atoms with Gasteiger partial charge in [-0.2, -0.15) is 0 Å². The number of hydrogen-bond acceptors (Lipinski definition) is 3. The third-order valence-electron chi connectivity index (χ3n) is 3.42. The van der Waals surface area contributed by atoms with Gasteiger partial charge < -0.3 is 4.90 Å². The lowest BCUT2D eigenvalue weighted by molar-refractivity contribution is 0.0787. The van der Waals surface area contributed by atoms with E-state index in [9.17, 15) is 4.79 Å². The molecule has 0 saturated carbocycles. The van der Waals surface area contributed by atoms with Crippen molar-refractivity contribution in [3.63, 3.8) is 0 Å². The van der Waals surface area contributed by atoms with Crippen molar-refractivity contribution in [1.82, 2.24) is 19.9 Å². The quantitative estimate of drug-likeness (QED) is 0.832. The Balaban J connectivity index is 1.77. The molecule has 1 amide bonds. The molecule has 0 aliphatic carbocycles. The largest absolute Gasteiger partial charge is 0.336 e. The Hall–Kier alpha value is -1.40. The molecule has 1 fully saturated rings. The average Bonchev–Trinajstić information content (AvgIpc) is 3.10. The van der Waals surface area contributed by atoms with Crippen LogP contribution in [0.2, 0.25) is 5.02 Å². The highest BCUT2D eigenvalue weighted by atomic mass is 79.9. The zero-order chi connectivity index (χ0) is 14.1. The molecule has 7 heteroatoms. The van der Waals surface area contributed by atoms with Crippen LogP contribution >= 0.6 is 27.5 Å². The predicted molar refractivity (Wildman–Crippen MR) is 78.7 cm³/mol. The molecule has 0 N–H and O–H groups in total. The van der Waals surface area contributed by atoms with Gasteiger partial charge in [-0.25, -0.2) is 4.68 Å². The lowest BCUT2D eigenvalue weighted by Gasteiger charge is -2.17. The Morgan fingerprint density at radius 2 is 2.30 bits per heavy atom. The smallest absolute Gasteiger partial charge is 0.255 e. The minimum atomic E-state index is -0.0427. The maximum atomic E-state index is 12.5. The molecule has 3 rings (SSSR count). The van der Waals surface area contributed by atoms with Gasteiger partial charge >= 0.3 is 0 Å². The number of amides is 1. The van der Waals surface area contributed by atoms with Crippen LogP contribution in [0.4, 0.5) is 0 Å². The molecule has 2 aromatic rings. The van der Waals surface area contributed by atoms with Crippen LogP contribution in [0.1, 0.15) is 22.8 Å². The van der Waals surface area contributed by atoms with Crippen molar-refractivity contribution in [3.8, 4) is 0 Å². The molecule has 1 saturated heterocycles. The van der Waals surface area contributed by atoms with Gasteiger partial charge in [0.2, 0.25) is 0 Å². The van der Waals surface area contributed by atoms with Gasteiger partial charge in [-0.15, -0.1) is 5.10 Å². The molecule has 1 aliphatic heterocycles. The molecule has 1 atom stereocenters. The van der Waals surface area contributed by atoms with Crippen molar-refractivity contribution in [3.05, 3.63) is 45.7 Å². The molecule has 0 bridgehead atoms. The first kappa shape index (κ1) is 13.6. The minimum Gasteiger partial charge on any atom is -0.336 e. The molecule has 2 heterocycles. The number of aromatic nitrogens is 3. The SMILES string of the molecule is O=C(c1cc(Br)ccc1Cl)N1CC[C@H](n2ccnn2)C1. The molecule has 1 aromatic carbocycles. The second-order valence-electron chi connectivity index (χ2n) is 4.70. The topological polar surface area (TPSA) is 51.0 Å². The van der Waals surface area contributed by atoms with Crippen molar-refractivity contribution in [1.29, 1.82) is 0 Å². The van der Waals surface area contributed by atoms with E-state index >= 15 is 0 Å². The number of benzene rings is 1. The average molecular weight is 356 g/mol. The van der Waals surface area contributed by atoms with Crippen LogP contribution in [-0.2, 0) is 0 Å². The van der Waals surface area contributed by atoms with Crippen LogP contribution in [-0.4, -0.2) is 38.9 Å². The molecular weight excluding hydrogens is 344 g/mol. The van der Waals surface area contributed by atoms with Crippen molar-refractivity contribution >= 4 is 33.4 Å². The molecule has 1 aromatic heterocycles. The van der Waals surface area contributed by atoms with Crippen molar-refractivity contribution in [2.24, 2.45) is 0 Å². The first-order chi connectivity index (χ1) is 9.65. The lowest BCUT2D eigenvalue weighted by atomic mass is 10.2. The van der Waals surface area contributed by atoms with Crippen LogP contribution in [0.3, 0.4) is 0 Å². The van der Waals surface area contributed by atoms with Crippen LogP contribution in [0.15, 0.2) is 35.1 Å². The first-order valence-corrected chi connectivity index (χ1v) is 7.42. The standard InChI is InChI=1S/C13H12BrClN4O/c14-9-1-2-12(15)11(7-9)13(20)18-5-3-10(8-18)19-6-4-16-17-19/h1-2,4,6-7,10H,3,5,8H2/t10-/m0/s1. The summed E-state index contributed by atoms with van der Waals surface area (Å²) in [6.45, 7) is 1.33. The normalized spacial score (nSPS) is 18.5. The Labute approximate surface area is 129 Å². The summed E-state index contributed by atoms with van der Waals surface area (Å²) in [4.78, 5) is 14.3. The van der Waals surface area contributed by atoms with Gasteiger partial charge in [0.15, 0.2) is 0 Å². The van der Waals surface area contributed by atoms with E-state index in [1.807, 2.05) is 12.3 Å². The van der Waals surface area contributed by atoms with Crippen LogP contribution < -0.4 is 0 Å². The Morgan fingerprint density at radius 1 is 1.45 bits per heavy atom. The predicted octanol–water partition coefficient (Wildman–Crippen LogP) is 2.78. The van der Waals surface area contributed by atoms with Gasteiger partial charge in [0.25, 0.3) is 5.91 Å². The summed E-state index contributed by atoms with van der Waals surface area (Å²) in [5.74, 6) is -0.0427. The maximum Gasteiger partial charge on any atom is 0.255 e. The summed E-state index contributed by atoms with van der Waals surface area (Å²) in [5, 5.41) is 8.27. The van der Waals surface area contributed by atoms with Crippen LogP contribution in [0.5, 0.6) is 0 Å². The summed E-state index contributed by atoms with van der Waals surface area (Å²) >= 11 is 9.47. The van der Waals surface area contributed by atoms with Gasteiger partial charge in [-0.1, -0.05) is 32.7 Å². The zero-order valence-electron chi connectivity index (χ0n) is 10.5. The fourth-order valence-corrected chi connectivity index (χ4v) is 2.95. The molecule has 0 unspecified atom stereocenters. The Kier molecular flexibility index (Phi) is 3.76. The van der Waals surface area contributed by atoms with Gasteiger partial charge in [0.1, 0.15) is 0 Å². The summed E-state index contributed by atoms with van der Waals surface area (Å²) in [5.41, 5.74) is 0.528. The van der Waals surface area contributed by atoms with E-state index in [4.69, 9.17) is 11.6 Å². The van der Waals surface area contributed by atoms with Crippen LogP contribution in [0.25, 0.3) is 0 Å². The number of likely N-dealkylation sites (tertiary alicyclic amines) is 1. The monoisotopic (exact) mass is 354 g/mol. The van der Waals surface area contributed by atoms with E-state index in [0.717, 1.165) is 10.9 Å². The van der Waals surface area contributed by atoms with Crippen molar-refractivity contribution < 1.29 is 4.79 Å². The van der Waals surface area contributed by atoms with Crippen molar-refractivity contribution in [2.75, 3.05) is 13.1 Å². The number of hydrogen-bond donors (Lipinski definition) is 0. The first-order valence-electron chi connectivity index (χ1n) is 6.25. The molecule has 20 heavy (non-hydrogen) atoms. The third kappa shape index (κ3) is 2.58. The number of carbonyl (C=O) groups is 1. The minimum absolute atomic E-state index is 0.0427. The maximum absolute atomic E-state index is 12.5. The summed E-state index contributed by atoms with van der Waals surface area (Å²) in [7, 11) is 0. The fourth-order valence-electron chi connectivity index (χ4n) is 2.39. The summed E-state index contributed by atoms with van der Waals surface area (Å²) < 4.78 is 2.65. The molecule has 104 valence electrons. The number of carbonyl (C=O) groups excluding carboxylic acids is 1. The van der Waals surface area contributed by atoms with Crippen LogP contribution in [0, 0.1) is 0 Å². The molecule has 0 spiro atoms. The zero-order valence-corrected chi connectivity index (χ0v) is 12.9. The third-order valence-corrected chi connectivity index (χ3v) is 4.25. The number of rotatable bonds is 2. The van der Waals surface area contributed by atoms with E-state index in [2.05, 4.69) is 26.2 Å². The highest BCUT2D eigenvalue weighted by molar-refractivity contribution is 9.10.